The molecule has 4 nitrogen and oxygen atoms in total. The highest BCUT2D eigenvalue weighted by atomic mass is 35.5. The zero-order chi connectivity index (χ0) is 12.1. The molecule has 0 aliphatic carbocycles. The number of nitrogens with one attached hydrogen (secondary N) is 1. The molecule has 6 heteroatoms. The Kier molecular flexibility index (Phi) is 9.71. The third-order valence-corrected chi connectivity index (χ3v) is 2.44. The number of hydrogen-bond acceptors (Lipinski definition) is 3. The van der Waals surface area contributed by atoms with Crippen LogP contribution in [0.1, 0.15) is 6.92 Å². The number of hydrogen-bond donors (Lipinski definition) is 2. The van der Waals surface area contributed by atoms with Gasteiger partial charge in [-0.1, -0.05) is 19.1 Å². The van der Waals surface area contributed by atoms with Crippen LogP contribution in [0.5, 0.6) is 0 Å². The van der Waals surface area contributed by atoms with Gasteiger partial charge in [-0.15, -0.1) is 24.8 Å². The molecule has 0 heterocycles. The van der Waals surface area contributed by atoms with Gasteiger partial charge in [0.2, 0.25) is 5.91 Å². The van der Waals surface area contributed by atoms with Crippen LogP contribution >= 0.6 is 24.8 Å². The molecule has 0 aliphatic rings. The molecule has 0 radical (unpaired) electrons. The fraction of sp³-hybridized carbons (Fsp3) is 0.417. The molecule has 0 spiro atoms. The summed E-state index contributed by atoms with van der Waals surface area (Å²) in [5.41, 5.74) is 7.26. The van der Waals surface area contributed by atoms with Crippen LogP contribution in [0.4, 0.5) is 11.4 Å². The fourth-order valence-electron chi connectivity index (χ4n) is 1.33. The van der Waals surface area contributed by atoms with Gasteiger partial charge in [0.25, 0.3) is 0 Å². The molecule has 0 saturated carbocycles. The van der Waals surface area contributed by atoms with E-state index in [2.05, 4.69) is 5.32 Å². The van der Waals surface area contributed by atoms with E-state index in [9.17, 15) is 4.79 Å². The number of amides is 1. The van der Waals surface area contributed by atoms with Crippen molar-refractivity contribution in [2.45, 2.75) is 6.92 Å². The van der Waals surface area contributed by atoms with Crippen molar-refractivity contribution in [3.63, 3.8) is 0 Å². The largest absolute Gasteiger partial charge is 0.376 e. The van der Waals surface area contributed by atoms with Crippen LogP contribution in [-0.4, -0.2) is 26.5 Å². The van der Waals surface area contributed by atoms with Gasteiger partial charge in [0.15, 0.2) is 0 Å². The molecule has 1 amide bonds. The second kappa shape index (κ2) is 9.03. The van der Waals surface area contributed by atoms with E-state index in [4.69, 9.17) is 5.73 Å². The minimum absolute atomic E-state index is 0. The zero-order valence-corrected chi connectivity index (χ0v) is 12.5. The number of nitrogens with two attached hydrogens (primary N) is 1. The van der Waals surface area contributed by atoms with Crippen LogP contribution in [0.2, 0.25) is 0 Å². The van der Waals surface area contributed by atoms with Gasteiger partial charge in [-0.3, -0.25) is 4.79 Å². The average molecular weight is 294 g/mol. The summed E-state index contributed by atoms with van der Waals surface area (Å²) in [5, 5.41) is 2.88. The van der Waals surface area contributed by atoms with Crippen molar-refractivity contribution < 1.29 is 4.79 Å². The summed E-state index contributed by atoms with van der Waals surface area (Å²) in [4.78, 5) is 13.7. The minimum Gasteiger partial charge on any atom is -0.376 e. The molecule has 3 N–H and O–H groups in total. The summed E-state index contributed by atoms with van der Waals surface area (Å²) >= 11 is 0. The maximum atomic E-state index is 11.7. The van der Waals surface area contributed by atoms with Crippen LogP contribution in [0, 0.1) is 5.92 Å². The number of benzene rings is 1. The second-order valence-corrected chi connectivity index (χ2v) is 4.04. The van der Waals surface area contributed by atoms with Gasteiger partial charge in [0, 0.05) is 26.6 Å². The highest BCUT2D eigenvalue weighted by Gasteiger charge is 2.12. The molecule has 0 fully saturated rings. The summed E-state index contributed by atoms with van der Waals surface area (Å²) in [7, 11) is 3.88. The van der Waals surface area contributed by atoms with E-state index >= 15 is 0 Å². The lowest BCUT2D eigenvalue weighted by atomic mass is 10.1. The Morgan fingerprint density at radius 3 is 2.39 bits per heavy atom. The van der Waals surface area contributed by atoms with Gasteiger partial charge >= 0.3 is 0 Å². The number of halogens is 2. The summed E-state index contributed by atoms with van der Waals surface area (Å²) in [5.74, 6) is -0.216. The zero-order valence-electron chi connectivity index (χ0n) is 10.8. The van der Waals surface area contributed by atoms with Crippen molar-refractivity contribution >= 4 is 42.1 Å². The Morgan fingerprint density at radius 1 is 1.33 bits per heavy atom. The normalized spacial score (nSPS) is 10.7. The van der Waals surface area contributed by atoms with Gasteiger partial charge in [-0.25, -0.2) is 0 Å². The first-order chi connectivity index (χ1) is 7.56. The number of para-hydroxylation sites is 2. The lowest BCUT2D eigenvalue weighted by molar-refractivity contribution is -0.119. The van der Waals surface area contributed by atoms with Crippen molar-refractivity contribution in [3.8, 4) is 0 Å². The van der Waals surface area contributed by atoms with Crippen molar-refractivity contribution in [1.82, 2.24) is 0 Å². The predicted molar refractivity (Wildman–Crippen MR) is 82.1 cm³/mol. The Morgan fingerprint density at radius 2 is 1.89 bits per heavy atom. The van der Waals surface area contributed by atoms with E-state index < -0.39 is 0 Å². The first-order valence-electron chi connectivity index (χ1n) is 5.33. The van der Waals surface area contributed by atoms with Gasteiger partial charge in [-0.05, 0) is 12.1 Å². The van der Waals surface area contributed by atoms with E-state index in [1.807, 2.05) is 50.2 Å². The van der Waals surface area contributed by atoms with Crippen LogP contribution in [0.15, 0.2) is 24.3 Å². The number of nitrogens with zero attached hydrogens (tertiary/aromatic N) is 1. The molecule has 1 rings (SSSR count). The topological polar surface area (TPSA) is 58.4 Å². The fourth-order valence-corrected chi connectivity index (χ4v) is 1.33. The maximum Gasteiger partial charge on any atom is 0.228 e. The summed E-state index contributed by atoms with van der Waals surface area (Å²) in [6, 6.07) is 7.69. The summed E-state index contributed by atoms with van der Waals surface area (Å²) in [6.45, 7) is 2.17. The predicted octanol–water partition coefficient (Wildman–Crippen LogP) is 2.13. The molecule has 1 aromatic rings. The number of carbonyl (C=O) groups excluding carboxylic acids is 1. The first kappa shape index (κ1) is 19.4. The number of rotatable bonds is 4. The van der Waals surface area contributed by atoms with Crippen molar-refractivity contribution in [1.29, 1.82) is 0 Å². The molecule has 0 aliphatic heterocycles. The van der Waals surface area contributed by atoms with Gasteiger partial charge in [-0.2, -0.15) is 0 Å². The molecule has 0 saturated heterocycles. The van der Waals surface area contributed by atoms with Crippen molar-refractivity contribution in [2.24, 2.45) is 11.7 Å². The van der Waals surface area contributed by atoms with E-state index in [1.165, 1.54) is 0 Å². The van der Waals surface area contributed by atoms with Gasteiger partial charge in [0.05, 0.1) is 11.4 Å². The number of anilines is 2. The Hall–Kier alpha value is -0.970. The molecule has 1 atom stereocenters. The third-order valence-electron chi connectivity index (χ3n) is 2.44. The molecular formula is C12H21Cl2N3O. The SMILES string of the molecule is CC(CN)C(=O)Nc1ccccc1N(C)C.Cl.Cl. The lowest BCUT2D eigenvalue weighted by Crippen LogP contribution is -2.27. The average Bonchev–Trinajstić information content (AvgIpc) is 2.28. The third kappa shape index (κ3) is 5.12. The first-order valence-corrected chi connectivity index (χ1v) is 5.33. The van der Waals surface area contributed by atoms with Gasteiger partial charge in [0.1, 0.15) is 0 Å². The second-order valence-electron chi connectivity index (χ2n) is 4.04. The molecule has 0 aromatic heterocycles. The smallest absolute Gasteiger partial charge is 0.228 e. The Bertz CT molecular complexity index is 372. The summed E-state index contributed by atoms with van der Waals surface area (Å²) in [6.07, 6.45) is 0. The van der Waals surface area contributed by atoms with Crippen LogP contribution in [0.3, 0.4) is 0 Å². The Balaban J connectivity index is 0. The molecule has 104 valence electrons. The molecular weight excluding hydrogens is 273 g/mol. The standard InChI is InChI=1S/C12H19N3O.2ClH/c1-9(8-13)12(16)14-10-6-4-5-7-11(10)15(2)3;;/h4-7,9H,8,13H2,1-3H3,(H,14,16);2*1H. The summed E-state index contributed by atoms with van der Waals surface area (Å²) < 4.78 is 0. The van der Waals surface area contributed by atoms with Crippen LogP contribution in [-0.2, 0) is 4.79 Å². The molecule has 18 heavy (non-hydrogen) atoms. The lowest BCUT2D eigenvalue weighted by Gasteiger charge is -2.18. The number of carbonyl (C=O) groups is 1. The van der Waals surface area contributed by atoms with E-state index in [0.29, 0.717) is 6.54 Å². The molecule has 0 bridgehead atoms. The van der Waals surface area contributed by atoms with E-state index in [0.717, 1.165) is 11.4 Å². The minimum atomic E-state index is -0.171. The van der Waals surface area contributed by atoms with Crippen molar-refractivity contribution in [3.05, 3.63) is 24.3 Å². The maximum absolute atomic E-state index is 11.7. The van der Waals surface area contributed by atoms with Gasteiger partial charge < -0.3 is 16.0 Å². The molecule has 1 aromatic carbocycles. The van der Waals surface area contributed by atoms with E-state index in [-0.39, 0.29) is 36.6 Å². The highest BCUT2D eigenvalue weighted by Crippen LogP contribution is 2.23. The highest BCUT2D eigenvalue weighted by molar-refractivity contribution is 5.95. The monoisotopic (exact) mass is 293 g/mol. The molecule has 1 unspecified atom stereocenters. The van der Waals surface area contributed by atoms with E-state index in [1.54, 1.807) is 0 Å². The van der Waals surface area contributed by atoms with Crippen molar-refractivity contribution in [2.75, 3.05) is 30.9 Å². The quantitative estimate of drug-likeness (QED) is 0.894. The van der Waals surface area contributed by atoms with Crippen LogP contribution in [0.25, 0.3) is 0 Å². The van der Waals surface area contributed by atoms with Crippen LogP contribution < -0.4 is 16.0 Å². The Labute approximate surface area is 121 Å².